The lowest BCUT2D eigenvalue weighted by molar-refractivity contribution is 0.604. The van der Waals surface area contributed by atoms with Crippen molar-refractivity contribution in [2.75, 3.05) is 11.5 Å². The van der Waals surface area contributed by atoms with Crippen LogP contribution in [0.1, 0.15) is 37.1 Å². The van der Waals surface area contributed by atoms with Gasteiger partial charge in [-0.15, -0.1) is 11.8 Å². The van der Waals surface area contributed by atoms with Crippen molar-refractivity contribution in [3.8, 4) is 0 Å². The number of hydrogen-bond acceptors (Lipinski definition) is 4. The van der Waals surface area contributed by atoms with Crippen molar-refractivity contribution in [2.24, 2.45) is 5.92 Å². The predicted octanol–water partition coefficient (Wildman–Crippen LogP) is 6.15. The van der Waals surface area contributed by atoms with Crippen molar-refractivity contribution >= 4 is 51.8 Å². The van der Waals surface area contributed by atoms with E-state index in [0.29, 0.717) is 10.8 Å². The Bertz CT molecular complexity index is 998. The molecule has 1 fully saturated rings. The van der Waals surface area contributed by atoms with Crippen LogP contribution in [0.15, 0.2) is 29.3 Å². The zero-order valence-electron chi connectivity index (χ0n) is 15.9. The Morgan fingerprint density at radius 3 is 2.82 bits per heavy atom. The number of nitrogen functional groups attached to an aromatic ring is 1. The van der Waals surface area contributed by atoms with E-state index in [9.17, 15) is 0 Å². The third kappa shape index (κ3) is 4.42. The molecule has 2 heterocycles. The molecular weight excluding hydrogens is 411 g/mol. The molecule has 28 heavy (non-hydrogen) atoms. The van der Waals surface area contributed by atoms with Crippen molar-refractivity contribution in [3.63, 3.8) is 0 Å². The van der Waals surface area contributed by atoms with Gasteiger partial charge in [-0.25, -0.2) is 9.97 Å². The average molecular weight is 435 g/mol. The van der Waals surface area contributed by atoms with E-state index in [2.05, 4.69) is 16.5 Å². The number of nitrogens with two attached hydrogens (primary N) is 1. The van der Waals surface area contributed by atoms with Gasteiger partial charge < -0.3 is 10.3 Å². The van der Waals surface area contributed by atoms with E-state index < -0.39 is 0 Å². The summed E-state index contributed by atoms with van der Waals surface area (Å²) in [6.07, 6.45) is 7.72. The van der Waals surface area contributed by atoms with Gasteiger partial charge in [0.2, 0.25) is 0 Å². The Kier molecular flexibility index (Phi) is 6.04. The van der Waals surface area contributed by atoms with Gasteiger partial charge in [0, 0.05) is 29.1 Å². The number of halogens is 2. The fraction of sp³-hybridized carbons (Fsp3) is 0.429. The van der Waals surface area contributed by atoms with E-state index in [1.165, 1.54) is 12.8 Å². The van der Waals surface area contributed by atoms with E-state index in [1.54, 1.807) is 17.8 Å². The number of pyridine rings is 1. The van der Waals surface area contributed by atoms with Gasteiger partial charge in [-0.2, -0.15) is 0 Å². The number of anilines is 1. The third-order valence-electron chi connectivity index (χ3n) is 5.16. The Balaban J connectivity index is 1.43. The predicted molar refractivity (Wildman–Crippen MR) is 120 cm³/mol. The molecule has 1 aliphatic carbocycles. The number of aryl methyl sites for hydroxylation is 2. The first kappa shape index (κ1) is 19.9. The molecule has 0 aliphatic heterocycles. The highest BCUT2D eigenvalue weighted by Gasteiger charge is 2.25. The second kappa shape index (κ2) is 8.52. The molecule has 4 rings (SSSR count). The van der Waals surface area contributed by atoms with Crippen LogP contribution >= 0.6 is 35.0 Å². The first-order chi connectivity index (χ1) is 13.5. The fourth-order valence-corrected chi connectivity index (χ4v) is 4.99. The van der Waals surface area contributed by atoms with Crippen LogP contribution in [0.3, 0.4) is 0 Å². The van der Waals surface area contributed by atoms with Crippen LogP contribution < -0.4 is 5.73 Å². The molecule has 1 aliphatic rings. The number of nitrogens with zero attached hydrogens (tertiary/aromatic N) is 3. The zero-order chi connectivity index (χ0) is 19.7. The molecule has 2 N–H and O–H groups in total. The van der Waals surface area contributed by atoms with Crippen molar-refractivity contribution in [1.29, 1.82) is 0 Å². The number of aromatic nitrogens is 3. The number of unbranched alkanes of at least 4 members (excludes halogenated alkanes) is 1. The van der Waals surface area contributed by atoms with Crippen molar-refractivity contribution in [3.05, 3.63) is 45.8 Å². The first-order valence-electron chi connectivity index (χ1n) is 9.71. The maximum Gasteiger partial charge on any atom is 0.151 e. The van der Waals surface area contributed by atoms with E-state index in [0.717, 1.165) is 69.8 Å². The number of rotatable bonds is 8. The monoisotopic (exact) mass is 434 g/mol. The van der Waals surface area contributed by atoms with E-state index in [-0.39, 0.29) is 0 Å². The molecule has 0 bridgehead atoms. The lowest BCUT2D eigenvalue weighted by Crippen LogP contribution is -2.06. The van der Waals surface area contributed by atoms with Crippen LogP contribution in [0.25, 0.3) is 11.0 Å². The van der Waals surface area contributed by atoms with Gasteiger partial charge in [-0.3, -0.25) is 0 Å². The van der Waals surface area contributed by atoms with E-state index >= 15 is 0 Å². The topological polar surface area (TPSA) is 56.7 Å². The van der Waals surface area contributed by atoms with Gasteiger partial charge in [0.25, 0.3) is 0 Å². The lowest BCUT2D eigenvalue weighted by Gasteiger charge is -2.11. The normalized spacial score (nSPS) is 14.1. The summed E-state index contributed by atoms with van der Waals surface area (Å²) in [4.78, 5) is 10.2. The van der Waals surface area contributed by atoms with Crippen LogP contribution in [-0.2, 0) is 13.0 Å². The first-order valence-corrected chi connectivity index (χ1v) is 11.4. The molecule has 0 spiro atoms. The lowest BCUT2D eigenvalue weighted by atomic mass is 10.2. The number of benzene rings is 1. The quantitative estimate of drug-likeness (QED) is 0.340. The number of hydrogen-bond donors (Lipinski definition) is 1. The minimum Gasteiger partial charge on any atom is -0.382 e. The van der Waals surface area contributed by atoms with Crippen molar-refractivity contribution in [2.45, 2.75) is 50.5 Å². The molecular formula is C21H24Cl2N4S. The van der Waals surface area contributed by atoms with Gasteiger partial charge >= 0.3 is 0 Å². The molecule has 3 aromatic rings. The smallest absolute Gasteiger partial charge is 0.151 e. The fourth-order valence-electron chi connectivity index (χ4n) is 3.49. The average Bonchev–Trinajstić information content (AvgIpc) is 3.40. The van der Waals surface area contributed by atoms with Crippen LogP contribution in [0.2, 0.25) is 10.0 Å². The van der Waals surface area contributed by atoms with E-state index in [1.807, 2.05) is 18.3 Å². The number of thioether (sulfide) groups is 1. The number of imidazole rings is 1. The highest BCUT2D eigenvalue weighted by atomic mass is 35.5. The Morgan fingerprint density at radius 2 is 2.07 bits per heavy atom. The molecule has 0 amide bonds. The Morgan fingerprint density at radius 1 is 1.25 bits per heavy atom. The van der Waals surface area contributed by atoms with E-state index in [4.69, 9.17) is 33.9 Å². The standard InChI is InChI=1S/C21H24Cl2N4S/c1-13-12-25-21(24)19-20(13)27(18(26-19)10-14-4-5-14)8-2-3-9-28-17-7-6-15(22)11-16(17)23/h6-7,11-12,14H,2-5,8-10H2,1H3,(H2,24,25). The largest absolute Gasteiger partial charge is 0.382 e. The summed E-state index contributed by atoms with van der Waals surface area (Å²) in [5.41, 5.74) is 9.26. The minimum absolute atomic E-state index is 0.532. The van der Waals surface area contributed by atoms with Gasteiger partial charge in [0.05, 0.1) is 10.5 Å². The maximum absolute atomic E-state index is 6.26. The summed E-state index contributed by atoms with van der Waals surface area (Å²) in [5, 5.41) is 1.40. The summed E-state index contributed by atoms with van der Waals surface area (Å²) in [6.45, 7) is 3.05. The summed E-state index contributed by atoms with van der Waals surface area (Å²) in [7, 11) is 0. The molecule has 0 unspecified atom stereocenters. The second-order valence-electron chi connectivity index (χ2n) is 7.48. The Hall–Kier alpha value is -1.43. The SMILES string of the molecule is Cc1cnc(N)c2nc(CC3CC3)n(CCCCSc3ccc(Cl)cc3Cl)c12. The van der Waals surface area contributed by atoms with Gasteiger partial charge in [-0.05, 0) is 68.0 Å². The number of fused-ring (bicyclic) bond motifs is 1. The third-order valence-corrected chi connectivity index (χ3v) is 6.98. The molecule has 7 heteroatoms. The van der Waals surface area contributed by atoms with Gasteiger partial charge in [0.15, 0.2) is 5.82 Å². The van der Waals surface area contributed by atoms with Crippen molar-refractivity contribution < 1.29 is 0 Å². The summed E-state index contributed by atoms with van der Waals surface area (Å²) >= 11 is 14.0. The molecule has 148 valence electrons. The molecule has 0 radical (unpaired) electrons. The van der Waals surface area contributed by atoms with Crippen molar-refractivity contribution in [1.82, 2.24) is 14.5 Å². The summed E-state index contributed by atoms with van der Waals surface area (Å²) in [5.74, 6) is 3.50. The Labute approximate surface area is 179 Å². The minimum atomic E-state index is 0.532. The van der Waals surface area contributed by atoms with Crippen LogP contribution in [0.4, 0.5) is 5.82 Å². The molecule has 0 saturated heterocycles. The van der Waals surface area contributed by atoms with Crippen LogP contribution in [-0.4, -0.2) is 20.3 Å². The summed E-state index contributed by atoms with van der Waals surface area (Å²) < 4.78 is 2.38. The molecule has 0 atom stereocenters. The molecule has 4 nitrogen and oxygen atoms in total. The highest BCUT2D eigenvalue weighted by molar-refractivity contribution is 7.99. The maximum atomic E-state index is 6.26. The zero-order valence-corrected chi connectivity index (χ0v) is 18.2. The second-order valence-corrected chi connectivity index (χ2v) is 9.46. The van der Waals surface area contributed by atoms with Crippen LogP contribution in [0, 0.1) is 12.8 Å². The molecule has 1 aromatic carbocycles. The van der Waals surface area contributed by atoms with Gasteiger partial charge in [0.1, 0.15) is 11.3 Å². The highest BCUT2D eigenvalue weighted by Crippen LogP contribution is 2.34. The molecule has 2 aromatic heterocycles. The summed E-state index contributed by atoms with van der Waals surface area (Å²) in [6, 6.07) is 5.68. The molecule has 1 saturated carbocycles. The van der Waals surface area contributed by atoms with Crippen LogP contribution in [0.5, 0.6) is 0 Å². The van der Waals surface area contributed by atoms with Gasteiger partial charge in [-0.1, -0.05) is 23.2 Å².